The zero-order valence-corrected chi connectivity index (χ0v) is 15.5. The van der Waals surface area contributed by atoms with Gasteiger partial charge in [-0.2, -0.15) is 0 Å². The highest BCUT2D eigenvalue weighted by Crippen LogP contribution is 2.28. The number of morpholine rings is 1. The summed E-state index contributed by atoms with van der Waals surface area (Å²) in [6.07, 6.45) is 0.0620. The van der Waals surface area contributed by atoms with Crippen molar-refractivity contribution in [1.29, 1.82) is 0 Å². The molecule has 2 heterocycles. The lowest BCUT2D eigenvalue weighted by molar-refractivity contribution is -0.133. The summed E-state index contributed by atoms with van der Waals surface area (Å²) in [6, 6.07) is 6.88. The molecule has 9 heteroatoms. The van der Waals surface area contributed by atoms with Gasteiger partial charge in [0.25, 0.3) is 5.91 Å². The van der Waals surface area contributed by atoms with Gasteiger partial charge < -0.3 is 15.0 Å². The maximum Gasteiger partial charge on any atom is 0.260 e. The van der Waals surface area contributed by atoms with E-state index in [4.69, 9.17) is 16.3 Å². The van der Waals surface area contributed by atoms with E-state index in [9.17, 15) is 14.4 Å². The van der Waals surface area contributed by atoms with Gasteiger partial charge in [0.05, 0.1) is 35.4 Å². The fraction of sp³-hybridized carbons (Fsp3) is 0.412. The van der Waals surface area contributed by atoms with E-state index in [1.807, 2.05) is 0 Å². The van der Waals surface area contributed by atoms with Crippen LogP contribution >= 0.6 is 23.4 Å². The standard InChI is InChI=1S/C17H18ClN3O4S/c18-11-3-1-2-4-12(11)19-14(22)9-13-17(24)20-15(26-13)10-16(23)21-5-7-25-8-6-21/h1-4,13H,5-10H2,(H,19,22)/t13-/m0/s1. The Morgan fingerprint density at radius 1 is 1.31 bits per heavy atom. The van der Waals surface area contributed by atoms with Crippen molar-refractivity contribution in [3.8, 4) is 0 Å². The molecule has 1 aromatic carbocycles. The number of rotatable bonds is 5. The Morgan fingerprint density at radius 3 is 2.77 bits per heavy atom. The van der Waals surface area contributed by atoms with Crippen molar-refractivity contribution in [3.05, 3.63) is 29.3 Å². The molecular formula is C17H18ClN3O4S. The Bertz CT molecular complexity index is 749. The largest absolute Gasteiger partial charge is 0.378 e. The summed E-state index contributed by atoms with van der Waals surface area (Å²) in [5.41, 5.74) is 0.498. The maximum absolute atomic E-state index is 12.2. The number of nitrogens with one attached hydrogen (secondary N) is 1. The molecular weight excluding hydrogens is 378 g/mol. The number of halogens is 1. The van der Waals surface area contributed by atoms with Gasteiger partial charge in [0, 0.05) is 19.5 Å². The van der Waals surface area contributed by atoms with Gasteiger partial charge in [-0.15, -0.1) is 0 Å². The minimum Gasteiger partial charge on any atom is -0.378 e. The molecule has 0 aliphatic carbocycles. The average molecular weight is 396 g/mol. The Hall–Kier alpha value is -1.90. The molecule has 2 aliphatic heterocycles. The third kappa shape index (κ3) is 4.84. The van der Waals surface area contributed by atoms with Gasteiger partial charge >= 0.3 is 0 Å². The Balaban J connectivity index is 1.50. The number of aliphatic imine (C=N–C) groups is 1. The molecule has 1 aromatic rings. The number of benzene rings is 1. The number of carbonyl (C=O) groups is 3. The van der Waals surface area contributed by atoms with Crippen LogP contribution in [0.2, 0.25) is 5.02 Å². The van der Waals surface area contributed by atoms with Crippen molar-refractivity contribution in [2.24, 2.45) is 4.99 Å². The van der Waals surface area contributed by atoms with Crippen LogP contribution in [0.15, 0.2) is 29.3 Å². The Morgan fingerprint density at radius 2 is 2.04 bits per heavy atom. The summed E-state index contributed by atoms with van der Waals surface area (Å²) >= 11 is 7.19. The van der Waals surface area contributed by atoms with E-state index in [0.717, 1.165) is 0 Å². The molecule has 1 N–H and O–H groups in total. The van der Waals surface area contributed by atoms with E-state index in [1.165, 1.54) is 11.8 Å². The molecule has 3 amide bonds. The predicted octanol–water partition coefficient (Wildman–Crippen LogP) is 1.96. The first-order valence-corrected chi connectivity index (χ1v) is 9.46. The van der Waals surface area contributed by atoms with Gasteiger partial charge in [-0.25, -0.2) is 4.99 Å². The zero-order chi connectivity index (χ0) is 18.5. The number of amides is 3. The van der Waals surface area contributed by atoms with Crippen molar-refractivity contribution in [2.45, 2.75) is 18.1 Å². The molecule has 0 unspecified atom stereocenters. The lowest BCUT2D eigenvalue weighted by atomic mass is 10.2. The predicted molar refractivity (Wildman–Crippen MR) is 101 cm³/mol. The molecule has 138 valence electrons. The lowest BCUT2D eigenvalue weighted by Gasteiger charge is -2.26. The van der Waals surface area contributed by atoms with E-state index in [-0.39, 0.29) is 30.6 Å². The fourth-order valence-corrected chi connectivity index (χ4v) is 3.88. The van der Waals surface area contributed by atoms with Gasteiger partial charge in [-0.1, -0.05) is 35.5 Å². The number of thioether (sulfide) groups is 1. The third-order valence-electron chi connectivity index (χ3n) is 3.97. The maximum atomic E-state index is 12.2. The second kappa shape index (κ2) is 8.66. The second-order valence-electron chi connectivity index (χ2n) is 5.85. The number of carbonyl (C=O) groups excluding carboxylic acids is 3. The second-order valence-corrected chi connectivity index (χ2v) is 7.54. The van der Waals surface area contributed by atoms with E-state index in [0.29, 0.717) is 42.1 Å². The van der Waals surface area contributed by atoms with Crippen LogP contribution in [0, 0.1) is 0 Å². The smallest absolute Gasteiger partial charge is 0.260 e. The van der Waals surface area contributed by atoms with Crippen LogP contribution in [0.5, 0.6) is 0 Å². The number of para-hydroxylation sites is 1. The average Bonchev–Trinajstić information content (AvgIpc) is 2.96. The molecule has 26 heavy (non-hydrogen) atoms. The molecule has 0 saturated carbocycles. The number of hydrogen-bond donors (Lipinski definition) is 1. The lowest BCUT2D eigenvalue weighted by Crippen LogP contribution is -2.41. The van der Waals surface area contributed by atoms with E-state index >= 15 is 0 Å². The summed E-state index contributed by atoms with van der Waals surface area (Å²) in [7, 11) is 0. The van der Waals surface area contributed by atoms with E-state index in [1.54, 1.807) is 29.2 Å². The quantitative estimate of drug-likeness (QED) is 0.823. The molecule has 0 bridgehead atoms. The first-order valence-electron chi connectivity index (χ1n) is 8.21. The van der Waals surface area contributed by atoms with Crippen LogP contribution in [0.25, 0.3) is 0 Å². The van der Waals surface area contributed by atoms with Crippen molar-refractivity contribution >= 4 is 51.8 Å². The molecule has 0 spiro atoms. The van der Waals surface area contributed by atoms with Crippen molar-refractivity contribution in [1.82, 2.24) is 4.90 Å². The summed E-state index contributed by atoms with van der Waals surface area (Å²) < 4.78 is 5.22. The highest BCUT2D eigenvalue weighted by molar-refractivity contribution is 8.15. The van der Waals surface area contributed by atoms with Gasteiger partial charge in [0.15, 0.2) is 0 Å². The monoisotopic (exact) mass is 395 g/mol. The molecule has 1 atom stereocenters. The Kier molecular flexibility index (Phi) is 6.29. The minimum absolute atomic E-state index is 0.0204. The van der Waals surface area contributed by atoms with Crippen LogP contribution in [-0.4, -0.2) is 59.2 Å². The van der Waals surface area contributed by atoms with Crippen LogP contribution in [-0.2, 0) is 19.1 Å². The minimum atomic E-state index is -0.607. The Labute approximate surface area is 160 Å². The molecule has 7 nitrogen and oxygen atoms in total. The van der Waals surface area contributed by atoms with Crippen molar-refractivity contribution in [3.63, 3.8) is 0 Å². The fourth-order valence-electron chi connectivity index (χ4n) is 2.63. The van der Waals surface area contributed by atoms with Crippen molar-refractivity contribution in [2.75, 3.05) is 31.6 Å². The summed E-state index contributed by atoms with van der Waals surface area (Å²) in [5, 5.41) is 2.97. The number of hydrogen-bond acceptors (Lipinski definition) is 5. The van der Waals surface area contributed by atoms with Gasteiger partial charge in [-0.3, -0.25) is 14.4 Å². The topological polar surface area (TPSA) is 88.1 Å². The zero-order valence-electron chi connectivity index (χ0n) is 13.9. The van der Waals surface area contributed by atoms with Crippen LogP contribution in [0.4, 0.5) is 5.69 Å². The first kappa shape index (κ1) is 18.9. The molecule has 2 aliphatic rings. The molecule has 0 radical (unpaired) electrons. The van der Waals surface area contributed by atoms with Crippen LogP contribution < -0.4 is 5.32 Å². The van der Waals surface area contributed by atoms with Gasteiger partial charge in [0.2, 0.25) is 11.8 Å². The molecule has 0 aromatic heterocycles. The summed E-state index contributed by atoms with van der Waals surface area (Å²) in [5.74, 6) is -0.775. The van der Waals surface area contributed by atoms with Crippen molar-refractivity contribution < 1.29 is 19.1 Å². The highest BCUT2D eigenvalue weighted by Gasteiger charge is 2.32. The summed E-state index contributed by atoms with van der Waals surface area (Å²) in [6.45, 7) is 2.15. The van der Waals surface area contributed by atoms with E-state index < -0.39 is 5.25 Å². The molecule has 3 rings (SSSR count). The third-order valence-corrected chi connectivity index (χ3v) is 5.46. The normalized spacial score (nSPS) is 20.0. The SMILES string of the molecule is O=C(C[C@@H]1SC(CC(=O)N2CCOCC2)=NC1=O)Nc1ccccc1Cl. The van der Waals surface area contributed by atoms with Crippen LogP contribution in [0.3, 0.4) is 0 Å². The number of ether oxygens (including phenoxy) is 1. The number of nitrogens with zero attached hydrogens (tertiary/aromatic N) is 2. The van der Waals surface area contributed by atoms with Crippen LogP contribution in [0.1, 0.15) is 12.8 Å². The highest BCUT2D eigenvalue weighted by atomic mass is 35.5. The molecule has 1 fully saturated rings. The van der Waals surface area contributed by atoms with Gasteiger partial charge in [-0.05, 0) is 12.1 Å². The first-order chi connectivity index (χ1) is 12.5. The van der Waals surface area contributed by atoms with E-state index in [2.05, 4.69) is 10.3 Å². The molecule has 1 saturated heterocycles. The number of anilines is 1. The van der Waals surface area contributed by atoms with Gasteiger partial charge in [0.1, 0.15) is 5.25 Å². The summed E-state index contributed by atoms with van der Waals surface area (Å²) in [4.78, 5) is 42.1.